The van der Waals surface area contributed by atoms with Crippen LogP contribution in [0.3, 0.4) is 0 Å². The fourth-order valence-electron chi connectivity index (χ4n) is 2.77. The van der Waals surface area contributed by atoms with Gasteiger partial charge in [0.25, 0.3) is 0 Å². The predicted octanol–water partition coefficient (Wildman–Crippen LogP) is 2.98. The number of hydrogen-bond acceptors (Lipinski definition) is 5. The Balaban J connectivity index is 1.70. The van der Waals surface area contributed by atoms with E-state index in [-0.39, 0.29) is 11.9 Å². The quantitative estimate of drug-likeness (QED) is 0.848. The molecular weight excluding hydrogens is 285 g/mol. The fraction of sp³-hybridized carbons (Fsp3) is 0.312. The number of nitrogens with zero attached hydrogens (tertiary/aromatic N) is 1. The van der Waals surface area contributed by atoms with E-state index in [9.17, 15) is 4.39 Å². The van der Waals surface area contributed by atoms with E-state index in [2.05, 4.69) is 15.6 Å². The molecule has 1 atom stereocenters. The van der Waals surface area contributed by atoms with E-state index >= 15 is 0 Å². The van der Waals surface area contributed by atoms with Gasteiger partial charge in [0.05, 0.1) is 31.2 Å². The Hall–Kier alpha value is -2.18. The number of rotatable bonds is 1. The summed E-state index contributed by atoms with van der Waals surface area (Å²) >= 11 is 0. The molecule has 1 aromatic carbocycles. The van der Waals surface area contributed by atoms with Crippen LogP contribution >= 0.6 is 0 Å². The zero-order valence-corrected chi connectivity index (χ0v) is 11.9. The Morgan fingerprint density at radius 1 is 1.23 bits per heavy atom. The van der Waals surface area contributed by atoms with Gasteiger partial charge in [-0.25, -0.2) is 9.37 Å². The molecule has 6 heteroatoms. The lowest BCUT2D eigenvalue weighted by atomic mass is 10.1. The number of aromatic nitrogens is 1. The number of pyridine rings is 1. The standard InChI is InChI=1S/C16H16FN3O2/c17-12-7-14-13(6-11(12)15-9-21-4-5-22-15)19-8-10-2-1-3-18-16(10)20-14/h1-3,6-7,15,19H,4-5,8-9H2,(H,18,20). The molecular formula is C16H16FN3O2. The lowest BCUT2D eigenvalue weighted by molar-refractivity contribution is -0.0912. The Morgan fingerprint density at radius 2 is 2.18 bits per heavy atom. The number of halogens is 1. The van der Waals surface area contributed by atoms with E-state index in [1.807, 2.05) is 12.1 Å². The Kier molecular flexibility index (Phi) is 3.40. The number of fused-ring (bicyclic) bond motifs is 2. The third-order valence-electron chi connectivity index (χ3n) is 3.91. The molecule has 3 heterocycles. The van der Waals surface area contributed by atoms with E-state index in [1.165, 1.54) is 6.07 Å². The van der Waals surface area contributed by atoms with Gasteiger partial charge in [-0.3, -0.25) is 0 Å². The first-order valence-corrected chi connectivity index (χ1v) is 7.29. The van der Waals surface area contributed by atoms with Crippen LogP contribution in [0, 0.1) is 5.82 Å². The van der Waals surface area contributed by atoms with Crippen LogP contribution in [0.25, 0.3) is 0 Å². The monoisotopic (exact) mass is 301 g/mol. The zero-order chi connectivity index (χ0) is 14.9. The molecule has 114 valence electrons. The highest BCUT2D eigenvalue weighted by Crippen LogP contribution is 2.35. The van der Waals surface area contributed by atoms with E-state index < -0.39 is 0 Å². The summed E-state index contributed by atoms with van der Waals surface area (Å²) in [5.41, 5.74) is 3.07. The molecule has 1 unspecified atom stereocenters. The summed E-state index contributed by atoms with van der Waals surface area (Å²) in [5, 5.41) is 6.51. The van der Waals surface area contributed by atoms with E-state index in [0.717, 1.165) is 17.1 Å². The number of ether oxygens (including phenoxy) is 2. The van der Waals surface area contributed by atoms with Crippen LogP contribution in [0.15, 0.2) is 30.5 Å². The normalized spacial score (nSPS) is 20.1. The van der Waals surface area contributed by atoms with Crippen molar-refractivity contribution in [3.63, 3.8) is 0 Å². The second kappa shape index (κ2) is 5.55. The largest absolute Gasteiger partial charge is 0.379 e. The maximum atomic E-state index is 14.4. The molecule has 0 amide bonds. The van der Waals surface area contributed by atoms with Gasteiger partial charge in [0.2, 0.25) is 0 Å². The number of nitrogens with one attached hydrogen (secondary N) is 2. The molecule has 0 saturated carbocycles. The molecule has 0 radical (unpaired) electrons. The topological polar surface area (TPSA) is 55.4 Å². The molecule has 0 spiro atoms. The van der Waals surface area contributed by atoms with E-state index in [1.54, 1.807) is 12.3 Å². The molecule has 0 bridgehead atoms. The third-order valence-corrected chi connectivity index (χ3v) is 3.91. The summed E-state index contributed by atoms with van der Waals surface area (Å²) in [6.07, 6.45) is 1.36. The zero-order valence-electron chi connectivity index (χ0n) is 11.9. The lowest BCUT2D eigenvalue weighted by Crippen LogP contribution is -2.23. The van der Waals surface area contributed by atoms with Crippen molar-refractivity contribution in [1.29, 1.82) is 0 Å². The molecule has 4 rings (SSSR count). The van der Waals surface area contributed by atoms with E-state index in [4.69, 9.17) is 9.47 Å². The van der Waals surface area contributed by atoms with Crippen molar-refractivity contribution in [2.45, 2.75) is 12.6 Å². The highest BCUT2D eigenvalue weighted by atomic mass is 19.1. The predicted molar refractivity (Wildman–Crippen MR) is 80.8 cm³/mol. The first-order chi connectivity index (χ1) is 10.8. The van der Waals surface area contributed by atoms with Gasteiger partial charge in [0, 0.05) is 23.9 Å². The molecule has 2 N–H and O–H groups in total. The summed E-state index contributed by atoms with van der Waals surface area (Å²) in [5.74, 6) is 0.445. The average Bonchev–Trinajstić information content (AvgIpc) is 2.73. The third kappa shape index (κ3) is 2.40. The Bertz CT molecular complexity index is 702. The summed E-state index contributed by atoms with van der Waals surface area (Å²) < 4.78 is 25.4. The minimum Gasteiger partial charge on any atom is -0.379 e. The molecule has 22 heavy (non-hydrogen) atoms. The van der Waals surface area contributed by atoms with Crippen LogP contribution in [0.1, 0.15) is 17.2 Å². The minimum absolute atomic E-state index is 0.303. The van der Waals surface area contributed by atoms with Gasteiger partial charge < -0.3 is 20.1 Å². The van der Waals surface area contributed by atoms with Gasteiger partial charge in [0.1, 0.15) is 17.7 Å². The highest BCUT2D eigenvalue weighted by molar-refractivity contribution is 5.77. The molecule has 1 saturated heterocycles. The van der Waals surface area contributed by atoms with Gasteiger partial charge in [-0.2, -0.15) is 0 Å². The summed E-state index contributed by atoms with van der Waals surface area (Å²) in [7, 11) is 0. The van der Waals surface area contributed by atoms with Crippen molar-refractivity contribution < 1.29 is 13.9 Å². The maximum absolute atomic E-state index is 14.4. The maximum Gasteiger partial charge on any atom is 0.135 e. The molecule has 1 fully saturated rings. The van der Waals surface area contributed by atoms with Gasteiger partial charge >= 0.3 is 0 Å². The fourth-order valence-corrected chi connectivity index (χ4v) is 2.77. The molecule has 2 aliphatic heterocycles. The average molecular weight is 301 g/mol. The lowest BCUT2D eigenvalue weighted by Gasteiger charge is -2.24. The first kappa shape index (κ1) is 13.5. The molecule has 0 aliphatic carbocycles. The van der Waals surface area contributed by atoms with Crippen molar-refractivity contribution in [1.82, 2.24) is 4.98 Å². The SMILES string of the molecule is Fc1cc2c(cc1C1COCCO1)NCc1cccnc1N2. The first-order valence-electron chi connectivity index (χ1n) is 7.29. The molecule has 1 aromatic heterocycles. The van der Waals surface area contributed by atoms with Crippen LogP contribution in [-0.2, 0) is 16.0 Å². The van der Waals surface area contributed by atoms with Crippen molar-refractivity contribution in [2.24, 2.45) is 0 Å². The molecule has 5 nitrogen and oxygen atoms in total. The molecule has 2 aromatic rings. The number of hydrogen-bond donors (Lipinski definition) is 2. The van der Waals surface area contributed by atoms with Crippen LogP contribution < -0.4 is 10.6 Å². The Morgan fingerprint density at radius 3 is 3.05 bits per heavy atom. The van der Waals surface area contributed by atoms with Crippen molar-refractivity contribution in [3.8, 4) is 0 Å². The Labute approximate surface area is 127 Å². The van der Waals surface area contributed by atoms with Crippen LogP contribution in [0.5, 0.6) is 0 Å². The second-order valence-electron chi connectivity index (χ2n) is 5.34. The van der Waals surface area contributed by atoms with Crippen LogP contribution in [0.2, 0.25) is 0 Å². The van der Waals surface area contributed by atoms with Gasteiger partial charge in [-0.05, 0) is 18.2 Å². The second-order valence-corrected chi connectivity index (χ2v) is 5.34. The van der Waals surface area contributed by atoms with Crippen LogP contribution in [-0.4, -0.2) is 24.8 Å². The summed E-state index contributed by atoms with van der Waals surface area (Å²) in [6.45, 7) is 2.06. The van der Waals surface area contributed by atoms with Crippen molar-refractivity contribution >= 4 is 17.2 Å². The van der Waals surface area contributed by atoms with Crippen LogP contribution in [0.4, 0.5) is 21.6 Å². The van der Waals surface area contributed by atoms with Gasteiger partial charge in [0.15, 0.2) is 0 Å². The van der Waals surface area contributed by atoms with E-state index in [0.29, 0.717) is 37.6 Å². The number of benzene rings is 1. The van der Waals surface area contributed by atoms with Crippen molar-refractivity contribution in [3.05, 3.63) is 47.4 Å². The highest BCUT2D eigenvalue weighted by Gasteiger charge is 2.23. The van der Waals surface area contributed by atoms with Gasteiger partial charge in [-0.15, -0.1) is 0 Å². The minimum atomic E-state index is -0.357. The summed E-state index contributed by atoms with van der Waals surface area (Å²) in [6, 6.07) is 7.16. The molecule has 2 aliphatic rings. The van der Waals surface area contributed by atoms with Crippen molar-refractivity contribution in [2.75, 3.05) is 30.5 Å². The summed E-state index contributed by atoms with van der Waals surface area (Å²) in [4.78, 5) is 4.30. The smallest absolute Gasteiger partial charge is 0.135 e. The number of anilines is 3. The van der Waals surface area contributed by atoms with Gasteiger partial charge in [-0.1, -0.05) is 6.07 Å².